The number of benzene rings is 2. The van der Waals surface area contributed by atoms with Crippen molar-refractivity contribution in [2.75, 3.05) is 20.3 Å². The summed E-state index contributed by atoms with van der Waals surface area (Å²) in [5.41, 5.74) is 3.95. The van der Waals surface area contributed by atoms with Gasteiger partial charge in [0.1, 0.15) is 12.3 Å². The highest BCUT2D eigenvalue weighted by molar-refractivity contribution is 7.71. The minimum absolute atomic E-state index is 0.204. The molecule has 7 heteroatoms. The Morgan fingerprint density at radius 1 is 1.16 bits per heavy atom. The van der Waals surface area contributed by atoms with Gasteiger partial charge in [0.05, 0.1) is 26.3 Å². The fraction of sp³-hybridized carbons (Fsp3) is 0.417. The first-order valence-corrected chi connectivity index (χ1v) is 11.5. The molecule has 0 spiro atoms. The van der Waals surface area contributed by atoms with E-state index in [1.165, 1.54) is 16.0 Å². The Kier molecular flexibility index (Phi) is 5.89. The Morgan fingerprint density at radius 3 is 2.71 bits per heavy atom. The Labute approximate surface area is 188 Å². The zero-order chi connectivity index (χ0) is 21.2. The molecular formula is C24H29N4O2S+. The number of aromatic nitrogens is 3. The number of rotatable bonds is 6. The van der Waals surface area contributed by atoms with Crippen LogP contribution >= 0.6 is 12.2 Å². The molecule has 0 radical (unpaired) electrons. The average molecular weight is 438 g/mol. The van der Waals surface area contributed by atoms with Gasteiger partial charge in [-0.3, -0.25) is 4.57 Å². The summed E-state index contributed by atoms with van der Waals surface area (Å²) in [7, 11) is 1.68. The van der Waals surface area contributed by atoms with Gasteiger partial charge in [-0.05, 0) is 54.9 Å². The van der Waals surface area contributed by atoms with Crippen LogP contribution in [0.1, 0.15) is 24.0 Å². The summed E-state index contributed by atoms with van der Waals surface area (Å²) in [6, 6.07) is 16.8. The second kappa shape index (κ2) is 8.94. The van der Waals surface area contributed by atoms with E-state index in [-0.39, 0.29) is 6.10 Å². The van der Waals surface area contributed by atoms with E-state index in [4.69, 9.17) is 26.8 Å². The number of hydrogen-bond acceptors (Lipinski definition) is 4. The number of nitrogens with zero attached hydrogens (tertiary/aromatic N) is 3. The fourth-order valence-electron chi connectivity index (χ4n) is 4.64. The van der Waals surface area contributed by atoms with Crippen LogP contribution in [0.3, 0.4) is 0 Å². The molecule has 0 amide bonds. The summed E-state index contributed by atoms with van der Waals surface area (Å²) in [6.07, 6.45) is 3.49. The fourth-order valence-corrected chi connectivity index (χ4v) is 4.91. The van der Waals surface area contributed by atoms with E-state index in [0.717, 1.165) is 74.1 Å². The largest absolute Gasteiger partial charge is 0.497 e. The van der Waals surface area contributed by atoms with Crippen LogP contribution in [0.15, 0.2) is 48.5 Å². The Hall–Kier alpha value is -2.48. The summed E-state index contributed by atoms with van der Waals surface area (Å²) in [6.45, 7) is 4.46. The number of hydrogen-bond donors (Lipinski definition) is 1. The maximum absolute atomic E-state index is 5.91. The Morgan fingerprint density at radius 2 is 1.97 bits per heavy atom. The number of fused-ring (bicyclic) bond motifs is 1. The van der Waals surface area contributed by atoms with Gasteiger partial charge < -0.3 is 14.4 Å². The monoisotopic (exact) mass is 437 g/mol. The van der Waals surface area contributed by atoms with Crippen molar-refractivity contribution in [2.45, 2.75) is 45.1 Å². The summed E-state index contributed by atoms with van der Waals surface area (Å²) in [4.78, 5) is 1.48. The van der Waals surface area contributed by atoms with E-state index < -0.39 is 0 Å². The van der Waals surface area contributed by atoms with E-state index in [9.17, 15) is 0 Å². The normalized spacial score (nSPS) is 20.5. The van der Waals surface area contributed by atoms with Gasteiger partial charge >= 0.3 is 0 Å². The quantitative estimate of drug-likeness (QED) is 0.603. The highest BCUT2D eigenvalue weighted by atomic mass is 32.1. The summed E-state index contributed by atoms with van der Waals surface area (Å²) in [5.74, 6) is 1.74. The van der Waals surface area contributed by atoms with Gasteiger partial charge in [-0.15, -0.1) is 5.10 Å². The zero-order valence-corrected chi connectivity index (χ0v) is 18.7. The third-order valence-electron chi connectivity index (χ3n) is 6.36. The van der Waals surface area contributed by atoms with Crippen molar-refractivity contribution < 1.29 is 14.4 Å². The van der Waals surface area contributed by atoms with Crippen LogP contribution in [-0.2, 0) is 30.9 Å². The van der Waals surface area contributed by atoms with Crippen LogP contribution in [0, 0.1) is 4.77 Å². The number of methoxy groups -OCH3 is 1. The summed E-state index contributed by atoms with van der Waals surface area (Å²) < 4.78 is 16.2. The smallest absolute Gasteiger partial charge is 0.203 e. The molecule has 5 rings (SSSR count). The van der Waals surface area contributed by atoms with Crippen molar-refractivity contribution in [3.05, 3.63) is 64.4 Å². The van der Waals surface area contributed by atoms with Crippen molar-refractivity contribution in [1.82, 2.24) is 14.3 Å². The first-order chi connectivity index (χ1) is 15.2. The molecule has 0 bridgehead atoms. The minimum Gasteiger partial charge on any atom is -0.497 e. The SMILES string of the molecule is COc1ccc(-c2nn(C[NH+]3CCc4ccccc4C3)c(=S)n2C[C@H]2CCCO2)cc1. The predicted molar refractivity (Wildman–Crippen MR) is 122 cm³/mol. The van der Waals surface area contributed by atoms with E-state index >= 15 is 0 Å². The number of ether oxygens (including phenoxy) is 2. The lowest BCUT2D eigenvalue weighted by Gasteiger charge is -2.25. The third kappa shape index (κ3) is 4.31. The molecule has 0 aliphatic carbocycles. The second-order valence-corrected chi connectivity index (χ2v) is 8.80. The molecule has 1 saturated heterocycles. The van der Waals surface area contributed by atoms with Gasteiger partial charge in [0, 0.05) is 24.2 Å². The summed E-state index contributed by atoms with van der Waals surface area (Å²) in [5, 5.41) is 4.99. The van der Waals surface area contributed by atoms with Gasteiger partial charge in [0.25, 0.3) is 0 Å². The van der Waals surface area contributed by atoms with Crippen molar-refractivity contribution in [3.63, 3.8) is 0 Å². The third-order valence-corrected chi connectivity index (χ3v) is 6.79. The van der Waals surface area contributed by atoms with Gasteiger partial charge in [-0.25, -0.2) is 0 Å². The minimum atomic E-state index is 0.204. The predicted octanol–water partition coefficient (Wildman–Crippen LogP) is 2.87. The molecule has 1 fully saturated rings. The molecule has 6 nitrogen and oxygen atoms in total. The molecule has 31 heavy (non-hydrogen) atoms. The Balaban J connectivity index is 1.44. The van der Waals surface area contributed by atoms with E-state index in [1.807, 2.05) is 16.8 Å². The maximum Gasteiger partial charge on any atom is 0.203 e. The van der Waals surface area contributed by atoms with Crippen LogP contribution in [0.4, 0.5) is 0 Å². The molecular weight excluding hydrogens is 408 g/mol. The molecule has 2 aliphatic heterocycles. The van der Waals surface area contributed by atoms with Crippen LogP contribution in [0.5, 0.6) is 5.75 Å². The van der Waals surface area contributed by atoms with Crippen molar-refractivity contribution in [1.29, 1.82) is 0 Å². The molecule has 2 aromatic carbocycles. The molecule has 3 aromatic rings. The molecule has 2 atom stereocenters. The van der Waals surface area contributed by atoms with Crippen molar-refractivity contribution in [2.24, 2.45) is 0 Å². The molecule has 3 heterocycles. The lowest BCUT2D eigenvalue weighted by Crippen LogP contribution is -3.11. The van der Waals surface area contributed by atoms with Crippen LogP contribution < -0.4 is 9.64 Å². The van der Waals surface area contributed by atoms with E-state index in [1.54, 1.807) is 7.11 Å². The highest BCUT2D eigenvalue weighted by Gasteiger charge is 2.24. The number of quaternary nitrogens is 1. The highest BCUT2D eigenvalue weighted by Crippen LogP contribution is 2.24. The molecule has 1 aromatic heterocycles. The average Bonchev–Trinajstić information content (AvgIpc) is 3.43. The molecule has 0 saturated carbocycles. The summed E-state index contributed by atoms with van der Waals surface area (Å²) >= 11 is 5.91. The van der Waals surface area contributed by atoms with Crippen LogP contribution in [0.25, 0.3) is 11.4 Å². The topological polar surface area (TPSA) is 45.7 Å². The standard InChI is InChI=1S/C24H28N4O2S/c1-29-21-10-8-19(9-11-21)23-25-28(24(31)27(23)16-22-7-4-14-30-22)17-26-13-12-18-5-2-3-6-20(18)15-26/h2-3,5-6,8-11,22H,4,7,12-17H2,1H3/p+1/t22-/m1/s1. The zero-order valence-electron chi connectivity index (χ0n) is 17.9. The van der Waals surface area contributed by atoms with E-state index in [2.05, 4.69) is 41.0 Å². The first-order valence-electron chi connectivity index (χ1n) is 11.1. The maximum atomic E-state index is 5.91. The first kappa shape index (κ1) is 20.4. The molecule has 162 valence electrons. The Bertz CT molecular complexity index is 1100. The van der Waals surface area contributed by atoms with Crippen LogP contribution in [-0.4, -0.2) is 40.7 Å². The van der Waals surface area contributed by atoms with Gasteiger partial charge in [-0.2, -0.15) is 4.68 Å². The molecule has 1 unspecified atom stereocenters. The molecule has 1 N–H and O–H groups in total. The van der Waals surface area contributed by atoms with Crippen LogP contribution in [0.2, 0.25) is 0 Å². The van der Waals surface area contributed by atoms with Crippen molar-refractivity contribution in [3.8, 4) is 17.1 Å². The van der Waals surface area contributed by atoms with Gasteiger partial charge in [0.15, 0.2) is 12.5 Å². The number of nitrogens with one attached hydrogen (secondary N) is 1. The van der Waals surface area contributed by atoms with Gasteiger partial charge in [-0.1, -0.05) is 24.3 Å². The lowest BCUT2D eigenvalue weighted by atomic mass is 10.0. The molecule has 2 aliphatic rings. The van der Waals surface area contributed by atoms with Gasteiger partial charge in [0.2, 0.25) is 4.77 Å². The van der Waals surface area contributed by atoms with Crippen molar-refractivity contribution >= 4 is 12.2 Å². The lowest BCUT2D eigenvalue weighted by molar-refractivity contribution is -0.939. The van der Waals surface area contributed by atoms with E-state index in [0.29, 0.717) is 0 Å². The second-order valence-electron chi connectivity index (χ2n) is 8.43.